The van der Waals surface area contributed by atoms with Gasteiger partial charge in [-0.1, -0.05) is 48.9 Å². The van der Waals surface area contributed by atoms with E-state index in [9.17, 15) is 0 Å². The summed E-state index contributed by atoms with van der Waals surface area (Å²) in [5.74, 6) is 0. The van der Waals surface area contributed by atoms with Gasteiger partial charge in [0.25, 0.3) is 0 Å². The van der Waals surface area contributed by atoms with Crippen LogP contribution < -0.4 is 0 Å². The number of hydrogen-bond donors (Lipinski definition) is 0. The van der Waals surface area contributed by atoms with E-state index in [0.717, 1.165) is 12.8 Å². The number of aryl methyl sites for hydroxylation is 1. The fourth-order valence-corrected chi connectivity index (χ4v) is 1.46. The predicted octanol–water partition coefficient (Wildman–Crippen LogP) is 4.36. The fourth-order valence-electron chi connectivity index (χ4n) is 1.46. The minimum absolute atomic E-state index is 0.955. The van der Waals surface area contributed by atoms with Crippen molar-refractivity contribution in [3.63, 3.8) is 0 Å². The van der Waals surface area contributed by atoms with Crippen LogP contribution in [0, 0.1) is 6.92 Å². The molecule has 0 saturated heterocycles. The Hall–Kier alpha value is -1.30. The van der Waals surface area contributed by atoms with Crippen molar-refractivity contribution in [2.75, 3.05) is 0 Å². The van der Waals surface area contributed by atoms with E-state index >= 15 is 0 Å². The van der Waals surface area contributed by atoms with E-state index in [2.05, 4.69) is 50.8 Å². The van der Waals surface area contributed by atoms with E-state index in [4.69, 9.17) is 0 Å². The van der Waals surface area contributed by atoms with Gasteiger partial charge in [0.05, 0.1) is 0 Å². The molecule has 0 unspecified atom stereocenters. The van der Waals surface area contributed by atoms with Gasteiger partial charge < -0.3 is 0 Å². The molecule has 1 aromatic rings. The first-order chi connectivity index (χ1) is 6.77. The van der Waals surface area contributed by atoms with Gasteiger partial charge in [-0.05, 0) is 30.9 Å². The highest BCUT2D eigenvalue weighted by molar-refractivity contribution is 5.65. The number of benzene rings is 1. The lowest BCUT2D eigenvalue weighted by atomic mass is 10.0. The summed E-state index contributed by atoms with van der Waals surface area (Å²) in [4.78, 5) is 0. The van der Waals surface area contributed by atoms with E-state index < -0.39 is 0 Å². The van der Waals surface area contributed by atoms with Crippen LogP contribution in [0.2, 0.25) is 0 Å². The smallest absolute Gasteiger partial charge is 0.0166 e. The molecule has 0 fully saturated rings. The third-order valence-electron chi connectivity index (χ3n) is 2.33. The number of allylic oxidation sites excluding steroid dienone is 3. The first-order valence-corrected chi connectivity index (χ1v) is 5.15. The lowest BCUT2D eigenvalue weighted by Crippen LogP contribution is -1.83. The zero-order chi connectivity index (χ0) is 10.4. The highest BCUT2D eigenvalue weighted by Gasteiger charge is 1.97. The highest BCUT2D eigenvalue weighted by atomic mass is 14.0. The molecule has 0 heteroatoms. The van der Waals surface area contributed by atoms with E-state index in [1.54, 1.807) is 0 Å². The average Bonchev–Trinajstić information content (AvgIpc) is 2.21. The largest absolute Gasteiger partial charge is 0.103 e. The minimum Gasteiger partial charge on any atom is -0.103 e. The lowest BCUT2D eigenvalue weighted by molar-refractivity contribution is 1.21. The van der Waals surface area contributed by atoms with Crippen LogP contribution >= 0.6 is 0 Å². The predicted molar refractivity (Wildman–Crippen MR) is 64.3 cm³/mol. The van der Waals surface area contributed by atoms with Crippen LogP contribution in [0.15, 0.2) is 43.0 Å². The van der Waals surface area contributed by atoms with Crippen LogP contribution in [0.5, 0.6) is 0 Å². The summed E-state index contributed by atoms with van der Waals surface area (Å²) in [5.41, 5.74) is 4.05. The van der Waals surface area contributed by atoms with Gasteiger partial charge in [-0.15, -0.1) is 6.58 Å². The third-order valence-corrected chi connectivity index (χ3v) is 2.33. The SMILES string of the molecule is C=CC/C=C(\CC)c1ccc(C)cc1. The van der Waals surface area contributed by atoms with Crippen LogP contribution in [0.1, 0.15) is 30.9 Å². The van der Waals surface area contributed by atoms with Crippen molar-refractivity contribution in [1.29, 1.82) is 0 Å². The van der Waals surface area contributed by atoms with E-state index in [1.807, 2.05) is 6.08 Å². The van der Waals surface area contributed by atoms with E-state index in [1.165, 1.54) is 16.7 Å². The molecule has 0 radical (unpaired) electrons. The standard InChI is InChI=1S/C14H18/c1-4-6-7-13(5-2)14-10-8-12(3)9-11-14/h4,7-11H,1,5-6H2,2-3H3/b13-7+. The van der Waals surface area contributed by atoms with Gasteiger partial charge >= 0.3 is 0 Å². The van der Waals surface area contributed by atoms with Crippen molar-refractivity contribution in [1.82, 2.24) is 0 Å². The van der Waals surface area contributed by atoms with Crippen molar-refractivity contribution in [2.45, 2.75) is 26.7 Å². The molecule has 0 nitrogen and oxygen atoms in total. The molecule has 0 spiro atoms. The maximum absolute atomic E-state index is 3.73. The van der Waals surface area contributed by atoms with Gasteiger partial charge in [-0.3, -0.25) is 0 Å². The molecular formula is C14H18. The normalized spacial score (nSPS) is 11.4. The molecule has 0 saturated carbocycles. The number of hydrogen-bond acceptors (Lipinski definition) is 0. The summed E-state index contributed by atoms with van der Waals surface area (Å²) in [6.07, 6.45) is 6.22. The second kappa shape index (κ2) is 5.43. The lowest BCUT2D eigenvalue weighted by Gasteiger charge is -2.04. The Bertz CT molecular complexity index is 314. The van der Waals surface area contributed by atoms with E-state index in [0.29, 0.717) is 0 Å². The zero-order valence-corrected chi connectivity index (χ0v) is 9.09. The van der Waals surface area contributed by atoms with Gasteiger partial charge in [-0.25, -0.2) is 0 Å². The molecule has 1 rings (SSSR count). The Morgan fingerprint density at radius 2 is 1.93 bits per heavy atom. The Balaban J connectivity index is 2.89. The molecule has 0 amide bonds. The second-order valence-corrected chi connectivity index (χ2v) is 3.47. The summed E-state index contributed by atoms with van der Waals surface area (Å²) < 4.78 is 0. The molecule has 0 bridgehead atoms. The molecule has 74 valence electrons. The summed E-state index contributed by atoms with van der Waals surface area (Å²) in [6.45, 7) is 8.03. The molecule has 0 aliphatic rings. The zero-order valence-electron chi connectivity index (χ0n) is 9.09. The molecule has 0 aromatic heterocycles. The van der Waals surface area contributed by atoms with Crippen LogP contribution in [-0.4, -0.2) is 0 Å². The summed E-state index contributed by atoms with van der Waals surface area (Å²) in [6, 6.07) is 8.70. The van der Waals surface area contributed by atoms with Gasteiger partial charge in [0.2, 0.25) is 0 Å². The Labute approximate surface area is 87.0 Å². The topological polar surface area (TPSA) is 0 Å². The maximum Gasteiger partial charge on any atom is -0.0166 e. The molecular weight excluding hydrogens is 168 g/mol. The monoisotopic (exact) mass is 186 g/mol. The van der Waals surface area contributed by atoms with Crippen molar-refractivity contribution in [3.05, 3.63) is 54.1 Å². The Morgan fingerprint density at radius 1 is 1.29 bits per heavy atom. The average molecular weight is 186 g/mol. The molecule has 14 heavy (non-hydrogen) atoms. The van der Waals surface area contributed by atoms with E-state index in [-0.39, 0.29) is 0 Å². The number of rotatable bonds is 4. The molecule has 0 N–H and O–H groups in total. The minimum atomic E-state index is 0.955. The third kappa shape index (κ3) is 2.88. The fraction of sp³-hybridized carbons (Fsp3) is 0.286. The molecule has 0 aliphatic carbocycles. The van der Waals surface area contributed by atoms with Gasteiger partial charge in [-0.2, -0.15) is 0 Å². The van der Waals surface area contributed by atoms with Crippen molar-refractivity contribution >= 4 is 5.57 Å². The van der Waals surface area contributed by atoms with Crippen LogP contribution in [-0.2, 0) is 0 Å². The summed E-state index contributed by atoms with van der Waals surface area (Å²) in [5, 5.41) is 0. The van der Waals surface area contributed by atoms with Crippen molar-refractivity contribution in [2.24, 2.45) is 0 Å². The summed E-state index contributed by atoms with van der Waals surface area (Å²) >= 11 is 0. The van der Waals surface area contributed by atoms with Gasteiger partial charge in [0.15, 0.2) is 0 Å². The van der Waals surface area contributed by atoms with Gasteiger partial charge in [0, 0.05) is 0 Å². The Kier molecular flexibility index (Phi) is 4.18. The van der Waals surface area contributed by atoms with Gasteiger partial charge in [0.1, 0.15) is 0 Å². The van der Waals surface area contributed by atoms with Crippen LogP contribution in [0.25, 0.3) is 5.57 Å². The van der Waals surface area contributed by atoms with Crippen molar-refractivity contribution < 1.29 is 0 Å². The maximum atomic E-state index is 3.73. The van der Waals surface area contributed by atoms with Crippen LogP contribution in [0.4, 0.5) is 0 Å². The second-order valence-electron chi connectivity index (χ2n) is 3.47. The highest BCUT2D eigenvalue weighted by Crippen LogP contribution is 2.18. The molecule has 0 aliphatic heterocycles. The first kappa shape index (κ1) is 10.8. The van der Waals surface area contributed by atoms with Crippen LogP contribution in [0.3, 0.4) is 0 Å². The Morgan fingerprint density at radius 3 is 2.43 bits per heavy atom. The quantitative estimate of drug-likeness (QED) is 0.613. The molecule has 1 aromatic carbocycles. The first-order valence-electron chi connectivity index (χ1n) is 5.15. The summed E-state index contributed by atoms with van der Waals surface area (Å²) in [7, 11) is 0. The van der Waals surface area contributed by atoms with Crippen molar-refractivity contribution in [3.8, 4) is 0 Å². The molecule has 0 atom stereocenters. The molecule has 0 heterocycles.